The average Bonchev–Trinajstić information content (AvgIpc) is 1.93. The highest BCUT2D eigenvalue weighted by atomic mass is 19.1. The van der Waals surface area contributed by atoms with Crippen molar-refractivity contribution in [2.75, 3.05) is 0 Å². The van der Waals surface area contributed by atoms with E-state index in [-0.39, 0.29) is 18.0 Å². The van der Waals surface area contributed by atoms with Gasteiger partial charge in [0.1, 0.15) is 11.6 Å². The SMILES string of the molecule is CC(=O)Cc1ccc(F)cn1. The van der Waals surface area contributed by atoms with Gasteiger partial charge in [-0.3, -0.25) is 9.78 Å². The maximum Gasteiger partial charge on any atom is 0.141 e. The number of aromatic nitrogens is 1. The Balaban J connectivity index is 2.74. The van der Waals surface area contributed by atoms with Gasteiger partial charge in [-0.15, -0.1) is 0 Å². The molecular weight excluding hydrogens is 145 g/mol. The highest BCUT2D eigenvalue weighted by Gasteiger charge is 1.97. The van der Waals surface area contributed by atoms with Crippen LogP contribution in [0.1, 0.15) is 12.6 Å². The first-order valence-electron chi connectivity index (χ1n) is 3.28. The Morgan fingerprint density at radius 3 is 2.82 bits per heavy atom. The third kappa shape index (κ3) is 2.45. The van der Waals surface area contributed by atoms with Gasteiger partial charge in [-0.25, -0.2) is 4.39 Å². The molecule has 0 unspecified atom stereocenters. The van der Waals surface area contributed by atoms with Crippen LogP contribution in [0.5, 0.6) is 0 Å². The first kappa shape index (κ1) is 7.85. The van der Waals surface area contributed by atoms with Gasteiger partial charge in [0.15, 0.2) is 0 Å². The summed E-state index contributed by atoms with van der Waals surface area (Å²) < 4.78 is 12.3. The zero-order valence-electron chi connectivity index (χ0n) is 6.17. The molecule has 1 heterocycles. The molecule has 0 saturated carbocycles. The summed E-state index contributed by atoms with van der Waals surface area (Å²) in [5.74, 6) is -0.346. The van der Waals surface area contributed by atoms with E-state index in [2.05, 4.69) is 4.98 Å². The van der Waals surface area contributed by atoms with Crippen LogP contribution in [-0.2, 0) is 11.2 Å². The number of carbonyl (C=O) groups excluding carboxylic acids is 1. The van der Waals surface area contributed by atoms with E-state index in [0.29, 0.717) is 5.69 Å². The van der Waals surface area contributed by atoms with Crippen molar-refractivity contribution < 1.29 is 9.18 Å². The minimum absolute atomic E-state index is 0.0316. The van der Waals surface area contributed by atoms with Gasteiger partial charge < -0.3 is 0 Å². The fourth-order valence-corrected chi connectivity index (χ4v) is 0.766. The van der Waals surface area contributed by atoms with Crippen LogP contribution in [0, 0.1) is 5.82 Å². The summed E-state index contributed by atoms with van der Waals surface area (Å²) in [6.07, 6.45) is 1.39. The minimum atomic E-state index is -0.377. The van der Waals surface area contributed by atoms with Crippen molar-refractivity contribution in [2.24, 2.45) is 0 Å². The smallest absolute Gasteiger partial charge is 0.141 e. The molecule has 0 bridgehead atoms. The fourth-order valence-electron chi connectivity index (χ4n) is 0.766. The molecule has 0 amide bonds. The third-order valence-electron chi connectivity index (χ3n) is 1.22. The Hall–Kier alpha value is -1.25. The molecular formula is C8H8FNO. The molecule has 0 atom stereocenters. The van der Waals surface area contributed by atoms with E-state index in [9.17, 15) is 9.18 Å². The number of carbonyl (C=O) groups is 1. The van der Waals surface area contributed by atoms with Crippen LogP contribution in [0.15, 0.2) is 18.3 Å². The van der Waals surface area contributed by atoms with E-state index in [1.54, 1.807) is 0 Å². The van der Waals surface area contributed by atoms with E-state index in [0.717, 1.165) is 6.20 Å². The Bertz CT molecular complexity index is 255. The fraction of sp³-hybridized carbons (Fsp3) is 0.250. The monoisotopic (exact) mass is 153 g/mol. The molecule has 0 aliphatic rings. The number of ketones is 1. The van der Waals surface area contributed by atoms with Gasteiger partial charge in [0.05, 0.1) is 6.20 Å². The van der Waals surface area contributed by atoms with E-state index in [4.69, 9.17) is 0 Å². The lowest BCUT2D eigenvalue weighted by molar-refractivity contribution is -0.116. The molecule has 11 heavy (non-hydrogen) atoms. The highest BCUT2D eigenvalue weighted by molar-refractivity contribution is 5.77. The van der Waals surface area contributed by atoms with Crippen LogP contribution in [0.3, 0.4) is 0 Å². The predicted molar refractivity (Wildman–Crippen MR) is 38.6 cm³/mol. The van der Waals surface area contributed by atoms with Crippen LogP contribution < -0.4 is 0 Å². The summed E-state index contributed by atoms with van der Waals surface area (Å²) >= 11 is 0. The summed E-state index contributed by atoms with van der Waals surface area (Å²) in [5.41, 5.74) is 0.610. The van der Waals surface area contributed by atoms with E-state index >= 15 is 0 Å². The quantitative estimate of drug-likeness (QED) is 0.642. The first-order valence-corrected chi connectivity index (χ1v) is 3.28. The molecule has 1 rings (SSSR count). The second-order valence-corrected chi connectivity index (χ2v) is 2.35. The van der Waals surface area contributed by atoms with Gasteiger partial charge in [-0.2, -0.15) is 0 Å². The van der Waals surface area contributed by atoms with E-state index < -0.39 is 0 Å². The Morgan fingerprint density at radius 1 is 1.64 bits per heavy atom. The van der Waals surface area contributed by atoms with Gasteiger partial charge >= 0.3 is 0 Å². The van der Waals surface area contributed by atoms with Crippen molar-refractivity contribution in [3.05, 3.63) is 29.8 Å². The molecule has 0 N–H and O–H groups in total. The molecule has 0 aliphatic carbocycles. The van der Waals surface area contributed by atoms with Gasteiger partial charge in [0.2, 0.25) is 0 Å². The highest BCUT2D eigenvalue weighted by Crippen LogP contribution is 1.98. The molecule has 1 aromatic rings. The van der Waals surface area contributed by atoms with Gasteiger partial charge in [-0.1, -0.05) is 0 Å². The molecule has 3 heteroatoms. The summed E-state index contributed by atoms with van der Waals surface area (Å²) in [6.45, 7) is 1.48. The van der Waals surface area contributed by atoms with E-state index in [1.807, 2.05) is 0 Å². The second-order valence-electron chi connectivity index (χ2n) is 2.35. The lowest BCUT2D eigenvalue weighted by Gasteiger charge is -1.94. The first-order chi connectivity index (χ1) is 5.18. The van der Waals surface area contributed by atoms with Crippen LogP contribution >= 0.6 is 0 Å². The molecule has 0 fully saturated rings. The Labute approximate surface area is 64.1 Å². The van der Waals surface area contributed by atoms with Crippen LogP contribution in [0.25, 0.3) is 0 Å². The number of rotatable bonds is 2. The van der Waals surface area contributed by atoms with Crippen molar-refractivity contribution >= 4 is 5.78 Å². The molecule has 0 aliphatic heterocycles. The topological polar surface area (TPSA) is 30.0 Å². The molecule has 0 spiro atoms. The number of pyridine rings is 1. The van der Waals surface area contributed by atoms with Gasteiger partial charge in [0.25, 0.3) is 0 Å². The maximum atomic E-state index is 12.3. The summed E-state index contributed by atoms with van der Waals surface area (Å²) in [4.78, 5) is 14.3. The second kappa shape index (κ2) is 3.23. The van der Waals surface area contributed by atoms with Crippen molar-refractivity contribution in [3.63, 3.8) is 0 Å². The van der Waals surface area contributed by atoms with E-state index in [1.165, 1.54) is 19.1 Å². The third-order valence-corrected chi connectivity index (χ3v) is 1.22. The van der Waals surface area contributed by atoms with Crippen molar-refractivity contribution in [1.82, 2.24) is 4.98 Å². The maximum absolute atomic E-state index is 12.3. The molecule has 1 aromatic heterocycles. The molecule has 2 nitrogen and oxygen atoms in total. The predicted octanol–water partition coefficient (Wildman–Crippen LogP) is 1.35. The molecule has 58 valence electrons. The Morgan fingerprint density at radius 2 is 2.36 bits per heavy atom. The molecule has 0 radical (unpaired) electrons. The van der Waals surface area contributed by atoms with Gasteiger partial charge in [-0.05, 0) is 19.1 Å². The molecule has 0 aromatic carbocycles. The number of Topliss-reactive ketones (excluding diaryl/α,β-unsaturated/α-hetero) is 1. The largest absolute Gasteiger partial charge is 0.300 e. The van der Waals surface area contributed by atoms with Crippen molar-refractivity contribution in [1.29, 1.82) is 0 Å². The summed E-state index contributed by atoms with van der Waals surface area (Å²) in [7, 11) is 0. The number of hydrogen-bond acceptors (Lipinski definition) is 2. The van der Waals surface area contributed by atoms with Crippen molar-refractivity contribution in [3.8, 4) is 0 Å². The van der Waals surface area contributed by atoms with Crippen molar-refractivity contribution in [2.45, 2.75) is 13.3 Å². The average molecular weight is 153 g/mol. The molecule has 0 saturated heterocycles. The standard InChI is InChI=1S/C8H8FNO/c1-6(11)4-8-3-2-7(9)5-10-8/h2-3,5H,4H2,1H3. The lowest BCUT2D eigenvalue weighted by atomic mass is 10.2. The van der Waals surface area contributed by atoms with Crippen LogP contribution in [0.4, 0.5) is 4.39 Å². The zero-order valence-corrected chi connectivity index (χ0v) is 6.17. The zero-order chi connectivity index (χ0) is 8.27. The minimum Gasteiger partial charge on any atom is -0.300 e. The van der Waals surface area contributed by atoms with Crippen LogP contribution in [0.2, 0.25) is 0 Å². The van der Waals surface area contributed by atoms with Crippen LogP contribution in [-0.4, -0.2) is 10.8 Å². The van der Waals surface area contributed by atoms with Gasteiger partial charge in [0, 0.05) is 12.1 Å². The Kier molecular flexibility index (Phi) is 2.31. The lowest BCUT2D eigenvalue weighted by Crippen LogP contribution is -1.98. The number of hydrogen-bond donors (Lipinski definition) is 0. The number of halogens is 1. The normalized spacial score (nSPS) is 9.64. The summed E-state index contributed by atoms with van der Waals surface area (Å²) in [5, 5.41) is 0. The summed E-state index contributed by atoms with van der Waals surface area (Å²) in [6, 6.07) is 2.81. The number of nitrogens with zero attached hydrogens (tertiary/aromatic N) is 1.